The van der Waals surface area contributed by atoms with Crippen LogP contribution in [0.1, 0.15) is 31.7 Å². The zero-order chi connectivity index (χ0) is 13.9. The van der Waals surface area contributed by atoms with Gasteiger partial charge in [-0.1, -0.05) is 29.3 Å². The van der Waals surface area contributed by atoms with Gasteiger partial charge in [0.2, 0.25) is 0 Å². The highest BCUT2D eigenvalue weighted by Gasteiger charge is 2.39. The summed E-state index contributed by atoms with van der Waals surface area (Å²) < 4.78 is 14.0. The summed E-state index contributed by atoms with van der Waals surface area (Å²) in [6.07, 6.45) is 3.13. The maximum atomic E-state index is 13.3. The van der Waals surface area contributed by atoms with Crippen LogP contribution in [-0.2, 0) is 11.2 Å². The highest BCUT2D eigenvalue weighted by Crippen LogP contribution is 2.33. The lowest BCUT2D eigenvalue weighted by Gasteiger charge is -2.26. The van der Waals surface area contributed by atoms with Crippen molar-refractivity contribution in [2.24, 2.45) is 5.41 Å². The SMILES string of the molecule is CCCC1(C(=O)Cc2cc(F)cc(Br)c2)CCNC1. The molecule has 0 aromatic heterocycles. The van der Waals surface area contributed by atoms with Crippen LogP contribution in [0.3, 0.4) is 0 Å². The van der Waals surface area contributed by atoms with Gasteiger partial charge in [-0.3, -0.25) is 4.79 Å². The molecule has 0 amide bonds. The summed E-state index contributed by atoms with van der Waals surface area (Å²) in [5, 5.41) is 3.28. The average Bonchev–Trinajstić information content (AvgIpc) is 2.78. The fraction of sp³-hybridized carbons (Fsp3) is 0.533. The predicted octanol–water partition coefficient (Wildman–Crippen LogP) is 3.48. The molecule has 1 aliphatic heterocycles. The lowest BCUT2D eigenvalue weighted by Crippen LogP contribution is -2.34. The lowest BCUT2D eigenvalue weighted by molar-refractivity contribution is -0.127. The standard InChI is InChI=1S/C15H19BrFNO/c1-2-3-15(4-5-18-10-15)14(19)8-11-6-12(16)9-13(17)7-11/h6-7,9,18H,2-5,8,10H2,1H3. The third kappa shape index (κ3) is 3.42. The molecule has 1 aromatic rings. The number of hydrogen-bond donors (Lipinski definition) is 1. The molecule has 4 heteroatoms. The van der Waals surface area contributed by atoms with Crippen molar-refractivity contribution in [2.75, 3.05) is 13.1 Å². The highest BCUT2D eigenvalue weighted by atomic mass is 79.9. The predicted molar refractivity (Wildman–Crippen MR) is 77.6 cm³/mol. The first-order chi connectivity index (χ1) is 9.05. The minimum Gasteiger partial charge on any atom is -0.316 e. The van der Waals surface area contributed by atoms with Crippen LogP contribution in [0.2, 0.25) is 0 Å². The number of hydrogen-bond acceptors (Lipinski definition) is 2. The van der Waals surface area contributed by atoms with E-state index in [1.165, 1.54) is 12.1 Å². The molecule has 1 N–H and O–H groups in total. The number of halogens is 2. The van der Waals surface area contributed by atoms with E-state index in [9.17, 15) is 9.18 Å². The first kappa shape index (κ1) is 14.7. The monoisotopic (exact) mass is 327 g/mol. The lowest BCUT2D eigenvalue weighted by atomic mass is 9.76. The van der Waals surface area contributed by atoms with Gasteiger partial charge in [-0.15, -0.1) is 0 Å². The largest absolute Gasteiger partial charge is 0.316 e. The Hall–Kier alpha value is -0.740. The van der Waals surface area contributed by atoms with E-state index in [0.29, 0.717) is 10.9 Å². The molecule has 1 heterocycles. The summed E-state index contributed by atoms with van der Waals surface area (Å²) in [7, 11) is 0. The number of benzene rings is 1. The number of nitrogens with one attached hydrogen (secondary N) is 1. The van der Waals surface area contributed by atoms with Gasteiger partial charge in [-0.25, -0.2) is 4.39 Å². The number of carbonyl (C=O) groups is 1. The molecule has 1 unspecified atom stereocenters. The highest BCUT2D eigenvalue weighted by molar-refractivity contribution is 9.10. The number of ketones is 1. The number of carbonyl (C=O) groups excluding carboxylic acids is 1. The van der Waals surface area contributed by atoms with Crippen LogP contribution in [0.4, 0.5) is 4.39 Å². The zero-order valence-electron chi connectivity index (χ0n) is 11.1. The van der Waals surface area contributed by atoms with E-state index in [4.69, 9.17) is 0 Å². The quantitative estimate of drug-likeness (QED) is 0.897. The summed E-state index contributed by atoms with van der Waals surface area (Å²) >= 11 is 3.27. The Morgan fingerprint density at radius 1 is 1.47 bits per heavy atom. The molecule has 2 nitrogen and oxygen atoms in total. The van der Waals surface area contributed by atoms with Crippen molar-refractivity contribution in [3.63, 3.8) is 0 Å². The maximum Gasteiger partial charge on any atom is 0.144 e. The Labute approximate surface area is 121 Å². The summed E-state index contributed by atoms with van der Waals surface area (Å²) in [5.74, 6) is -0.0666. The minimum atomic E-state index is -0.300. The van der Waals surface area contributed by atoms with Gasteiger partial charge in [0.1, 0.15) is 11.6 Å². The van der Waals surface area contributed by atoms with Crippen molar-refractivity contribution >= 4 is 21.7 Å². The van der Waals surface area contributed by atoms with Crippen molar-refractivity contribution < 1.29 is 9.18 Å². The van der Waals surface area contributed by atoms with E-state index in [0.717, 1.165) is 37.9 Å². The van der Waals surface area contributed by atoms with Crippen LogP contribution in [-0.4, -0.2) is 18.9 Å². The normalized spacial score (nSPS) is 22.7. The fourth-order valence-corrected chi connectivity index (χ4v) is 3.41. The molecule has 1 saturated heterocycles. The minimum absolute atomic E-state index is 0.233. The second-order valence-corrected chi connectivity index (χ2v) is 6.25. The zero-order valence-corrected chi connectivity index (χ0v) is 12.7. The molecule has 0 saturated carbocycles. The van der Waals surface area contributed by atoms with Crippen LogP contribution in [0, 0.1) is 11.2 Å². The molecule has 0 aliphatic carbocycles. The van der Waals surface area contributed by atoms with Gasteiger partial charge in [0.15, 0.2) is 0 Å². The van der Waals surface area contributed by atoms with Gasteiger partial charge in [-0.05, 0) is 43.1 Å². The molecular weight excluding hydrogens is 309 g/mol. The van der Waals surface area contributed by atoms with Gasteiger partial charge >= 0.3 is 0 Å². The number of Topliss-reactive ketones (excluding diaryl/α,β-unsaturated/α-hetero) is 1. The van der Waals surface area contributed by atoms with Crippen LogP contribution < -0.4 is 5.32 Å². The molecule has 19 heavy (non-hydrogen) atoms. The van der Waals surface area contributed by atoms with Gasteiger partial charge < -0.3 is 5.32 Å². The van der Waals surface area contributed by atoms with Crippen molar-refractivity contribution in [3.05, 3.63) is 34.1 Å². The smallest absolute Gasteiger partial charge is 0.144 e. The van der Waals surface area contributed by atoms with Crippen molar-refractivity contribution in [3.8, 4) is 0 Å². The Morgan fingerprint density at radius 3 is 2.84 bits per heavy atom. The summed E-state index contributed by atoms with van der Waals surface area (Å²) in [6.45, 7) is 3.76. The Morgan fingerprint density at radius 2 is 2.26 bits per heavy atom. The van der Waals surface area contributed by atoms with Gasteiger partial charge in [0, 0.05) is 22.9 Å². The van der Waals surface area contributed by atoms with Crippen LogP contribution in [0.5, 0.6) is 0 Å². The molecule has 2 rings (SSSR count). The van der Waals surface area contributed by atoms with Crippen molar-refractivity contribution in [1.82, 2.24) is 5.32 Å². The summed E-state index contributed by atoms with van der Waals surface area (Å²) in [4.78, 5) is 12.6. The van der Waals surface area contributed by atoms with Crippen LogP contribution >= 0.6 is 15.9 Å². The Bertz CT molecular complexity index is 449. The van der Waals surface area contributed by atoms with E-state index in [1.54, 1.807) is 0 Å². The molecule has 104 valence electrons. The van der Waals surface area contributed by atoms with Gasteiger partial charge in [0.05, 0.1) is 0 Å². The van der Waals surface area contributed by atoms with E-state index >= 15 is 0 Å². The van der Waals surface area contributed by atoms with Crippen LogP contribution in [0.25, 0.3) is 0 Å². The summed E-state index contributed by atoms with van der Waals surface area (Å²) in [6, 6.07) is 4.68. The number of rotatable bonds is 5. The molecular formula is C15H19BrFNO. The van der Waals surface area contributed by atoms with Crippen molar-refractivity contribution in [2.45, 2.75) is 32.6 Å². The fourth-order valence-electron chi connectivity index (χ4n) is 2.90. The van der Waals surface area contributed by atoms with E-state index in [1.807, 2.05) is 6.07 Å². The average molecular weight is 328 g/mol. The summed E-state index contributed by atoms with van der Waals surface area (Å²) in [5.41, 5.74) is 0.507. The van der Waals surface area contributed by atoms with E-state index < -0.39 is 0 Å². The molecule has 1 aromatic carbocycles. The first-order valence-corrected chi connectivity index (χ1v) is 7.54. The Kier molecular flexibility index (Phi) is 4.74. The van der Waals surface area contributed by atoms with Gasteiger partial charge in [0.25, 0.3) is 0 Å². The topological polar surface area (TPSA) is 29.1 Å². The van der Waals surface area contributed by atoms with Crippen LogP contribution in [0.15, 0.2) is 22.7 Å². The maximum absolute atomic E-state index is 13.3. The van der Waals surface area contributed by atoms with Crippen molar-refractivity contribution in [1.29, 1.82) is 0 Å². The second kappa shape index (κ2) is 6.14. The molecule has 1 atom stereocenters. The Balaban J connectivity index is 2.14. The van der Waals surface area contributed by atoms with E-state index in [2.05, 4.69) is 28.2 Å². The molecule has 0 radical (unpaired) electrons. The van der Waals surface area contributed by atoms with Gasteiger partial charge in [-0.2, -0.15) is 0 Å². The molecule has 1 fully saturated rings. The molecule has 1 aliphatic rings. The van der Waals surface area contributed by atoms with E-state index in [-0.39, 0.29) is 17.0 Å². The second-order valence-electron chi connectivity index (χ2n) is 5.33. The third-order valence-electron chi connectivity index (χ3n) is 3.85. The molecule has 0 spiro atoms. The first-order valence-electron chi connectivity index (χ1n) is 6.75. The molecule has 0 bridgehead atoms. The third-order valence-corrected chi connectivity index (χ3v) is 4.31.